The van der Waals surface area contributed by atoms with Gasteiger partial charge in [0.05, 0.1) is 19.4 Å². The Labute approximate surface area is 188 Å². The quantitative estimate of drug-likeness (QED) is 0.149. The monoisotopic (exact) mass is 459 g/mol. The molecule has 8 heteroatoms. The average Bonchev–Trinajstić information content (AvgIpc) is 3.16. The third-order valence-electron chi connectivity index (χ3n) is 5.25. The van der Waals surface area contributed by atoms with Gasteiger partial charge in [-0.1, -0.05) is 46.0 Å². The second-order valence-corrected chi connectivity index (χ2v) is 10.6. The van der Waals surface area contributed by atoms with Gasteiger partial charge in [-0.3, -0.25) is 9.36 Å². The number of nitrogens with zero attached hydrogens (tertiary/aromatic N) is 1. The zero-order valence-electron chi connectivity index (χ0n) is 20.3. The number of esters is 1. The van der Waals surface area contributed by atoms with E-state index in [9.17, 15) is 9.36 Å². The molecule has 0 aliphatic rings. The molecule has 1 aromatic heterocycles. The summed E-state index contributed by atoms with van der Waals surface area (Å²) in [4.78, 5) is 17.3. The lowest BCUT2D eigenvalue weighted by Gasteiger charge is -2.29. The predicted molar refractivity (Wildman–Crippen MR) is 122 cm³/mol. The van der Waals surface area contributed by atoms with E-state index in [4.69, 9.17) is 18.2 Å². The molecule has 0 fully saturated rings. The van der Waals surface area contributed by atoms with Crippen molar-refractivity contribution in [1.29, 1.82) is 0 Å². The Morgan fingerprint density at radius 2 is 1.68 bits per heavy atom. The van der Waals surface area contributed by atoms with Crippen LogP contribution >= 0.6 is 7.60 Å². The molecule has 0 saturated heterocycles. The van der Waals surface area contributed by atoms with Gasteiger partial charge in [-0.05, 0) is 40.5 Å². The number of carbonyl (C=O) groups is 1. The zero-order chi connectivity index (χ0) is 23.3. The van der Waals surface area contributed by atoms with Crippen molar-refractivity contribution in [2.24, 2.45) is 0 Å². The van der Waals surface area contributed by atoms with Crippen LogP contribution in [0.2, 0.25) is 0 Å². The molecule has 1 aromatic rings. The van der Waals surface area contributed by atoms with E-state index in [0.29, 0.717) is 12.3 Å². The molecule has 1 unspecified atom stereocenters. The van der Waals surface area contributed by atoms with Crippen molar-refractivity contribution in [3.05, 3.63) is 17.8 Å². The minimum atomic E-state index is -3.75. The molecule has 0 aliphatic carbocycles. The lowest BCUT2D eigenvalue weighted by Crippen LogP contribution is -2.35. The molecule has 1 heterocycles. The van der Waals surface area contributed by atoms with Crippen LogP contribution in [0.15, 0.2) is 10.6 Å². The van der Waals surface area contributed by atoms with E-state index >= 15 is 0 Å². The third kappa shape index (κ3) is 9.88. The topological polar surface area (TPSA) is 87.9 Å². The fourth-order valence-corrected chi connectivity index (χ4v) is 4.96. The molecule has 1 rings (SSSR count). The highest BCUT2D eigenvalue weighted by Gasteiger charge is 2.44. The van der Waals surface area contributed by atoms with E-state index in [1.807, 2.05) is 20.8 Å². The van der Waals surface area contributed by atoms with E-state index < -0.39 is 24.8 Å². The largest absolute Gasteiger partial charge is 0.459 e. The summed E-state index contributed by atoms with van der Waals surface area (Å²) < 4.78 is 35.8. The van der Waals surface area contributed by atoms with Crippen LogP contribution in [0.4, 0.5) is 0 Å². The summed E-state index contributed by atoms with van der Waals surface area (Å²) in [7, 11) is -3.75. The summed E-state index contributed by atoms with van der Waals surface area (Å²) in [6.07, 6.45) is 10.3. The van der Waals surface area contributed by atoms with Crippen LogP contribution in [0.1, 0.15) is 98.1 Å². The molecule has 0 aromatic carbocycles. The zero-order valence-corrected chi connectivity index (χ0v) is 21.2. The number of oxazole rings is 1. The van der Waals surface area contributed by atoms with Gasteiger partial charge in [0.2, 0.25) is 0 Å². The Hall–Kier alpha value is -1.17. The summed E-state index contributed by atoms with van der Waals surface area (Å²) in [6.45, 7) is 11.5. The lowest BCUT2D eigenvalue weighted by molar-refractivity contribution is -0.156. The van der Waals surface area contributed by atoms with Crippen molar-refractivity contribution in [1.82, 2.24) is 4.98 Å². The molecule has 7 nitrogen and oxygen atoms in total. The van der Waals surface area contributed by atoms with E-state index in [-0.39, 0.29) is 19.6 Å². The van der Waals surface area contributed by atoms with Crippen LogP contribution in [0.25, 0.3) is 0 Å². The van der Waals surface area contributed by atoms with Crippen molar-refractivity contribution in [2.45, 2.75) is 111 Å². The third-order valence-corrected chi connectivity index (χ3v) is 7.64. The molecule has 0 spiro atoms. The molecule has 0 N–H and O–H groups in total. The Morgan fingerprint density at radius 1 is 1.06 bits per heavy atom. The molecule has 0 bridgehead atoms. The molecule has 0 saturated carbocycles. The average molecular weight is 460 g/mol. The molecule has 1 atom stereocenters. The summed E-state index contributed by atoms with van der Waals surface area (Å²) in [6, 6.07) is 0. The highest BCUT2D eigenvalue weighted by atomic mass is 31.2. The normalized spacial score (nSPS) is 13.4. The van der Waals surface area contributed by atoms with Crippen molar-refractivity contribution in [2.75, 3.05) is 13.2 Å². The lowest BCUT2D eigenvalue weighted by atomic mass is 10.1. The number of hydrogen-bond donors (Lipinski definition) is 0. The number of aryl methyl sites for hydroxylation is 1. The van der Waals surface area contributed by atoms with E-state index in [0.717, 1.165) is 25.0 Å². The smallest absolute Gasteiger partial charge is 0.345 e. The molecule has 31 heavy (non-hydrogen) atoms. The van der Waals surface area contributed by atoms with Crippen molar-refractivity contribution in [3.63, 3.8) is 0 Å². The first-order valence-corrected chi connectivity index (χ1v) is 13.4. The van der Waals surface area contributed by atoms with E-state index in [1.165, 1.54) is 25.7 Å². The first kappa shape index (κ1) is 27.9. The summed E-state index contributed by atoms with van der Waals surface area (Å²) in [5.41, 5.74) is -1.81. The number of unbranched alkanes of at least 4 members (excludes halogenated alkanes) is 5. The number of ether oxygens (including phenoxy) is 1. The minimum Gasteiger partial charge on any atom is -0.459 e. The Morgan fingerprint density at radius 3 is 2.26 bits per heavy atom. The summed E-state index contributed by atoms with van der Waals surface area (Å²) in [5.74, 6) is 0.499. The molecule has 0 amide bonds. The molecule has 0 radical (unpaired) electrons. The Balaban J connectivity index is 2.89. The van der Waals surface area contributed by atoms with Gasteiger partial charge in [0.25, 0.3) is 0 Å². The van der Waals surface area contributed by atoms with Gasteiger partial charge >= 0.3 is 13.6 Å². The SMILES string of the molecule is CCCCCCCCc1cnc(CC(C(=O)OC(C)(C)CC)P(=O)(OCC)OCC)o1. The van der Waals surface area contributed by atoms with Crippen LogP contribution in [-0.4, -0.2) is 35.4 Å². The molecule has 0 aliphatic heterocycles. The first-order chi connectivity index (χ1) is 14.7. The summed E-state index contributed by atoms with van der Waals surface area (Å²) in [5, 5.41) is 0. The van der Waals surface area contributed by atoms with E-state index in [1.54, 1.807) is 20.0 Å². The maximum absolute atomic E-state index is 13.4. The fraction of sp³-hybridized carbons (Fsp3) is 0.826. The van der Waals surface area contributed by atoms with Gasteiger partial charge < -0.3 is 18.2 Å². The predicted octanol–water partition coefficient (Wildman–Crippen LogP) is 6.49. The molecule has 180 valence electrons. The first-order valence-electron chi connectivity index (χ1n) is 11.8. The maximum atomic E-state index is 13.4. The van der Waals surface area contributed by atoms with Crippen molar-refractivity contribution in [3.8, 4) is 0 Å². The number of hydrogen-bond acceptors (Lipinski definition) is 7. The Bertz CT molecular complexity index is 677. The van der Waals surface area contributed by atoms with Gasteiger partial charge in [0.15, 0.2) is 11.5 Å². The van der Waals surface area contributed by atoms with Crippen LogP contribution < -0.4 is 0 Å². The standard InChI is InChI=1S/C23H42NO6P/c1-7-11-12-13-14-15-16-19-18-24-21(29-19)17-20(22(25)30-23(5,6)8-2)31(26,27-9-3)28-10-4/h18,20H,7-17H2,1-6H3. The van der Waals surface area contributed by atoms with Crippen molar-refractivity contribution >= 4 is 13.6 Å². The minimum absolute atomic E-state index is 0.00635. The molecular formula is C23H42NO6P. The number of carbonyl (C=O) groups excluding carboxylic acids is 1. The van der Waals surface area contributed by atoms with Gasteiger partial charge in [-0.2, -0.15) is 0 Å². The Kier molecular flexibility index (Phi) is 12.7. The van der Waals surface area contributed by atoms with Gasteiger partial charge in [-0.25, -0.2) is 4.98 Å². The van der Waals surface area contributed by atoms with Gasteiger partial charge in [0, 0.05) is 12.8 Å². The number of rotatable bonds is 17. The highest BCUT2D eigenvalue weighted by Crippen LogP contribution is 2.54. The molecular weight excluding hydrogens is 417 g/mol. The van der Waals surface area contributed by atoms with Gasteiger partial charge in [-0.15, -0.1) is 0 Å². The highest BCUT2D eigenvalue weighted by molar-refractivity contribution is 7.55. The summed E-state index contributed by atoms with van der Waals surface area (Å²) >= 11 is 0. The van der Waals surface area contributed by atoms with Crippen LogP contribution in [-0.2, 0) is 36.0 Å². The number of aromatic nitrogens is 1. The fourth-order valence-electron chi connectivity index (χ4n) is 3.12. The van der Waals surface area contributed by atoms with Crippen LogP contribution in [0, 0.1) is 0 Å². The van der Waals surface area contributed by atoms with Crippen LogP contribution in [0.5, 0.6) is 0 Å². The van der Waals surface area contributed by atoms with E-state index in [2.05, 4.69) is 11.9 Å². The van der Waals surface area contributed by atoms with Gasteiger partial charge in [0.1, 0.15) is 11.4 Å². The van der Waals surface area contributed by atoms with Crippen LogP contribution in [0.3, 0.4) is 0 Å². The van der Waals surface area contributed by atoms with Crippen molar-refractivity contribution < 1.29 is 27.6 Å². The second kappa shape index (κ2) is 14.1. The maximum Gasteiger partial charge on any atom is 0.345 e. The second-order valence-electron chi connectivity index (χ2n) is 8.37.